The molecule has 2 rings (SSSR count). The largest absolute Gasteiger partial charge is 0.322 e. The second kappa shape index (κ2) is 7.93. The fourth-order valence-corrected chi connectivity index (χ4v) is 2.42. The molecule has 112 valence electrons. The second-order valence-electron chi connectivity index (χ2n) is 4.70. The summed E-state index contributed by atoms with van der Waals surface area (Å²) in [5, 5.41) is 5.87. The van der Waals surface area contributed by atoms with Gasteiger partial charge in [0.1, 0.15) is 5.82 Å². The van der Waals surface area contributed by atoms with Crippen molar-refractivity contribution >= 4 is 39.9 Å². The number of amides is 1. The van der Waals surface area contributed by atoms with Crippen LogP contribution in [0.25, 0.3) is 0 Å². The smallest absolute Gasteiger partial charge is 0.238 e. The van der Waals surface area contributed by atoms with Gasteiger partial charge in [-0.15, -0.1) is 12.4 Å². The quantitative estimate of drug-likeness (QED) is 0.862. The topological polar surface area (TPSA) is 44.4 Å². The Morgan fingerprint density at radius 2 is 2.35 bits per heavy atom. The molecule has 1 fully saturated rings. The highest BCUT2D eigenvalue weighted by molar-refractivity contribution is 9.10. The Bertz CT molecular complexity index is 475. The zero-order chi connectivity index (χ0) is 13.8. The molecule has 1 amide bonds. The van der Waals surface area contributed by atoms with E-state index in [0.717, 1.165) is 19.6 Å². The number of piperazine rings is 1. The number of hydrogen-bond acceptors (Lipinski definition) is 3. The van der Waals surface area contributed by atoms with Gasteiger partial charge in [0.25, 0.3) is 0 Å². The predicted molar refractivity (Wildman–Crippen MR) is 83.9 cm³/mol. The van der Waals surface area contributed by atoms with Gasteiger partial charge in [0, 0.05) is 30.1 Å². The molecule has 1 unspecified atom stereocenters. The van der Waals surface area contributed by atoms with Crippen molar-refractivity contribution in [2.24, 2.45) is 0 Å². The van der Waals surface area contributed by atoms with Crippen molar-refractivity contribution in [1.29, 1.82) is 0 Å². The van der Waals surface area contributed by atoms with Gasteiger partial charge in [-0.2, -0.15) is 0 Å². The highest BCUT2D eigenvalue weighted by atomic mass is 79.9. The van der Waals surface area contributed by atoms with Gasteiger partial charge in [-0.05, 0) is 25.1 Å². The molecule has 7 heteroatoms. The van der Waals surface area contributed by atoms with Gasteiger partial charge in [0.2, 0.25) is 5.91 Å². The number of carbonyl (C=O) groups excluding carboxylic acids is 1. The molecule has 1 saturated heterocycles. The Morgan fingerprint density at radius 3 is 3.00 bits per heavy atom. The Morgan fingerprint density at radius 1 is 1.60 bits per heavy atom. The maximum atomic E-state index is 13.6. The molecule has 1 atom stereocenters. The molecule has 0 radical (unpaired) electrons. The first-order valence-corrected chi connectivity index (χ1v) is 7.05. The van der Waals surface area contributed by atoms with Crippen molar-refractivity contribution in [1.82, 2.24) is 10.2 Å². The summed E-state index contributed by atoms with van der Waals surface area (Å²) in [5.74, 6) is -0.619. The van der Waals surface area contributed by atoms with Crippen molar-refractivity contribution < 1.29 is 9.18 Å². The summed E-state index contributed by atoms with van der Waals surface area (Å²) in [6, 6.07) is 4.91. The van der Waals surface area contributed by atoms with Crippen LogP contribution in [-0.4, -0.2) is 43.0 Å². The molecule has 0 aliphatic carbocycles. The Kier molecular flexibility index (Phi) is 6.88. The first-order valence-electron chi connectivity index (χ1n) is 6.26. The van der Waals surface area contributed by atoms with E-state index in [0.29, 0.717) is 17.1 Å². The maximum absolute atomic E-state index is 13.6. The minimum atomic E-state index is -0.434. The van der Waals surface area contributed by atoms with Crippen LogP contribution in [0.15, 0.2) is 22.7 Å². The highest BCUT2D eigenvalue weighted by Crippen LogP contribution is 2.19. The molecule has 0 aromatic heterocycles. The van der Waals surface area contributed by atoms with Crippen molar-refractivity contribution in [2.45, 2.75) is 13.0 Å². The van der Waals surface area contributed by atoms with Crippen LogP contribution in [0.1, 0.15) is 6.92 Å². The summed E-state index contributed by atoms with van der Waals surface area (Å²) >= 11 is 3.18. The molecular weight excluding hydrogens is 349 g/mol. The van der Waals surface area contributed by atoms with E-state index < -0.39 is 5.82 Å². The number of rotatable bonds is 3. The molecule has 1 heterocycles. The van der Waals surface area contributed by atoms with E-state index in [1.807, 2.05) is 0 Å². The number of benzene rings is 1. The number of anilines is 1. The lowest BCUT2D eigenvalue weighted by molar-refractivity contribution is -0.118. The van der Waals surface area contributed by atoms with E-state index in [4.69, 9.17) is 0 Å². The van der Waals surface area contributed by atoms with Crippen LogP contribution in [0.5, 0.6) is 0 Å². The van der Waals surface area contributed by atoms with Gasteiger partial charge >= 0.3 is 0 Å². The molecule has 1 aromatic carbocycles. The van der Waals surface area contributed by atoms with Crippen LogP contribution in [-0.2, 0) is 4.79 Å². The lowest BCUT2D eigenvalue weighted by atomic mass is 10.2. The summed E-state index contributed by atoms with van der Waals surface area (Å²) in [6.07, 6.45) is 0. The first-order chi connectivity index (χ1) is 9.06. The molecular formula is C13H18BrClFN3O. The van der Waals surface area contributed by atoms with Crippen LogP contribution in [0.4, 0.5) is 10.1 Å². The number of nitrogens with one attached hydrogen (secondary N) is 2. The van der Waals surface area contributed by atoms with Gasteiger partial charge in [-0.25, -0.2) is 4.39 Å². The Labute approximate surface area is 132 Å². The monoisotopic (exact) mass is 365 g/mol. The maximum Gasteiger partial charge on any atom is 0.238 e. The van der Waals surface area contributed by atoms with Crippen molar-refractivity contribution in [3.63, 3.8) is 0 Å². The van der Waals surface area contributed by atoms with E-state index in [1.54, 1.807) is 12.1 Å². The summed E-state index contributed by atoms with van der Waals surface area (Å²) in [5.41, 5.74) is 0.219. The highest BCUT2D eigenvalue weighted by Gasteiger charge is 2.20. The molecule has 0 bridgehead atoms. The fraction of sp³-hybridized carbons (Fsp3) is 0.462. The van der Waals surface area contributed by atoms with Gasteiger partial charge in [0.05, 0.1) is 12.2 Å². The van der Waals surface area contributed by atoms with Crippen LogP contribution >= 0.6 is 28.3 Å². The van der Waals surface area contributed by atoms with Gasteiger partial charge in [-0.1, -0.05) is 15.9 Å². The number of nitrogens with zero attached hydrogens (tertiary/aromatic N) is 1. The molecule has 1 aliphatic rings. The molecule has 1 aliphatic heterocycles. The lowest BCUT2D eigenvalue weighted by Crippen LogP contribution is -2.52. The van der Waals surface area contributed by atoms with Crippen LogP contribution in [0, 0.1) is 5.82 Å². The Balaban J connectivity index is 0.00000200. The third-order valence-corrected chi connectivity index (χ3v) is 3.68. The average Bonchev–Trinajstić information content (AvgIpc) is 2.36. The van der Waals surface area contributed by atoms with Crippen LogP contribution < -0.4 is 10.6 Å². The molecule has 4 nitrogen and oxygen atoms in total. The van der Waals surface area contributed by atoms with E-state index in [1.165, 1.54) is 6.07 Å². The minimum absolute atomic E-state index is 0. The number of halogens is 3. The van der Waals surface area contributed by atoms with E-state index in [9.17, 15) is 9.18 Å². The second-order valence-corrected chi connectivity index (χ2v) is 5.61. The number of hydrogen-bond donors (Lipinski definition) is 2. The fourth-order valence-electron chi connectivity index (χ4n) is 2.08. The summed E-state index contributed by atoms with van der Waals surface area (Å²) in [4.78, 5) is 14.0. The average molecular weight is 367 g/mol. The molecule has 0 spiro atoms. The van der Waals surface area contributed by atoms with Crippen molar-refractivity contribution in [3.05, 3.63) is 28.5 Å². The van der Waals surface area contributed by atoms with Gasteiger partial charge in [-0.3, -0.25) is 9.69 Å². The van der Waals surface area contributed by atoms with E-state index >= 15 is 0 Å². The standard InChI is InChI=1S/C13H17BrFN3O.ClH/c1-9-7-16-4-5-18(9)8-13(19)17-12-3-2-10(14)6-11(12)15;/h2-3,6,9,16H,4-5,7-8H2,1H3,(H,17,19);1H. The third kappa shape index (κ3) is 4.70. The zero-order valence-corrected chi connectivity index (χ0v) is 13.6. The minimum Gasteiger partial charge on any atom is -0.322 e. The summed E-state index contributed by atoms with van der Waals surface area (Å²) < 4.78 is 14.2. The zero-order valence-electron chi connectivity index (χ0n) is 11.2. The van der Waals surface area contributed by atoms with E-state index in [-0.39, 0.29) is 24.0 Å². The van der Waals surface area contributed by atoms with Gasteiger partial charge in [0.15, 0.2) is 0 Å². The molecule has 0 saturated carbocycles. The Hall–Kier alpha value is -0.690. The van der Waals surface area contributed by atoms with Crippen molar-refractivity contribution in [2.75, 3.05) is 31.5 Å². The third-order valence-electron chi connectivity index (χ3n) is 3.19. The number of carbonyl (C=O) groups is 1. The van der Waals surface area contributed by atoms with Crippen LogP contribution in [0.3, 0.4) is 0 Å². The SMILES string of the molecule is CC1CNCCN1CC(=O)Nc1ccc(Br)cc1F.Cl. The van der Waals surface area contributed by atoms with Crippen LogP contribution in [0.2, 0.25) is 0 Å². The first kappa shape index (κ1) is 17.4. The molecule has 1 aromatic rings. The normalized spacial score (nSPS) is 19.2. The summed E-state index contributed by atoms with van der Waals surface area (Å²) in [6.45, 7) is 4.94. The van der Waals surface area contributed by atoms with Gasteiger partial charge < -0.3 is 10.6 Å². The predicted octanol–water partition coefficient (Wildman–Crippen LogP) is 2.24. The molecule has 2 N–H and O–H groups in total. The lowest BCUT2D eigenvalue weighted by Gasteiger charge is -2.33. The van der Waals surface area contributed by atoms with Crippen molar-refractivity contribution in [3.8, 4) is 0 Å². The van der Waals surface area contributed by atoms with E-state index in [2.05, 4.69) is 38.4 Å². The summed E-state index contributed by atoms with van der Waals surface area (Å²) in [7, 11) is 0. The molecule has 20 heavy (non-hydrogen) atoms.